The first-order valence-corrected chi connectivity index (χ1v) is 13.9. The van der Waals surface area contributed by atoms with Gasteiger partial charge >= 0.3 is 0 Å². The van der Waals surface area contributed by atoms with E-state index in [1.165, 1.54) is 34.1 Å². The summed E-state index contributed by atoms with van der Waals surface area (Å²) in [4.78, 5) is 15.5. The summed E-state index contributed by atoms with van der Waals surface area (Å²) >= 11 is 5.94. The molecule has 5 rings (SSSR count). The molecule has 0 aliphatic carbocycles. The Labute approximate surface area is 221 Å². The molecule has 2 aliphatic heterocycles. The Morgan fingerprint density at radius 1 is 0.946 bits per heavy atom. The van der Waals surface area contributed by atoms with Gasteiger partial charge in [0.2, 0.25) is 0 Å². The first-order valence-electron chi connectivity index (χ1n) is 12.1. The maximum absolute atomic E-state index is 13.5. The number of hydrogen-bond donors (Lipinski definition) is 1. The van der Waals surface area contributed by atoms with Gasteiger partial charge in [0.05, 0.1) is 30.3 Å². The van der Waals surface area contributed by atoms with Crippen molar-refractivity contribution in [3.63, 3.8) is 0 Å². The molecule has 0 saturated carbocycles. The summed E-state index contributed by atoms with van der Waals surface area (Å²) < 4.78 is 39.5. The molecule has 3 aromatic carbocycles. The van der Waals surface area contributed by atoms with Crippen molar-refractivity contribution >= 4 is 33.2 Å². The minimum Gasteiger partial charge on any atom is -0.476 e. The third-order valence-electron chi connectivity index (χ3n) is 6.43. The molecular formula is C27H28ClN3O5S. The highest BCUT2D eigenvalue weighted by molar-refractivity contribution is 7.92. The van der Waals surface area contributed by atoms with Gasteiger partial charge in [0, 0.05) is 31.2 Å². The highest BCUT2D eigenvalue weighted by Crippen LogP contribution is 2.37. The van der Waals surface area contributed by atoms with Gasteiger partial charge in [0.25, 0.3) is 15.9 Å². The lowest BCUT2D eigenvalue weighted by molar-refractivity contribution is -0.127. The molecule has 1 amide bonds. The van der Waals surface area contributed by atoms with E-state index in [4.69, 9.17) is 21.1 Å². The number of nitrogens with one attached hydrogen (secondary N) is 1. The number of hydrogen-bond acceptors (Lipinski definition) is 6. The molecule has 2 aliphatic rings. The molecule has 1 saturated heterocycles. The van der Waals surface area contributed by atoms with Gasteiger partial charge in [-0.15, -0.1) is 0 Å². The van der Waals surface area contributed by atoms with E-state index < -0.39 is 16.1 Å². The van der Waals surface area contributed by atoms with E-state index in [2.05, 4.69) is 22.3 Å². The third kappa shape index (κ3) is 5.91. The number of carbonyl (C=O) groups is 1. The van der Waals surface area contributed by atoms with Gasteiger partial charge in [-0.2, -0.15) is 0 Å². The van der Waals surface area contributed by atoms with Crippen molar-refractivity contribution < 1.29 is 22.7 Å². The van der Waals surface area contributed by atoms with Crippen LogP contribution in [-0.4, -0.2) is 58.2 Å². The first kappa shape index (κ1) is 25.5. The zero-order valence-electron chi connectivity index (χ0n) is 20.2. The fraction of sp³-hybridized carbons (Fsp3) is 0.296. The van der Waals surface area contributed by atoms with E-state index >= 15 is 0 Å². The summed E-state index contributed by atoms with van der Waals surface area (Å²) in [5.74, 6) is -0.0536. The standard InChI is InChI=1S/C27H28ClN3O5S/c28-22-9-11-23(12-10-22)37(33,34)31-19-26(36-25-4-2-1-3-24(25)31)27(32)29-17-20-5-7-21(8-6-20)18-30-13-15-35-16-14-30/h1-12,26H,13-19H2,(H,29,32)/t26-/m1/s1. The summed E-state index contributed by atoms with van der Waals surface area (Å²) in [6.45, 7) is 4.39. The third-order valence-corrected chi connectivity index (χ3v) is 8.47. The molecule has 0 spiro atoms. The van der Waals surface area contributed by atoms with E-state index in [9.17, 15) is 13.2 Å². The van der Waals surface area contributed by atoms with E-state index in [1.54, 1.807) is 24.3 Å². The number of rotatable bonds is 7. The Hall–Kier alpha value is -3.11. The van der Waals surface area contributed by atoms with E-state index in [1.807, 2.05) is 12.1 Å². The maximum atomic E-state index is 13.5. The van der Waals surface area contributed by atoms with Crippen LogP contribution < -0.4 is 14.4 Å². The van der Waals surface area contributed by atoms with Crippen LogP contribution in [0, 0.1) is 0 Å². The van der Waals surface area contributed by atoms with Crippen LogP contribution in [0.2, 0.25) is 5.02 Å². The van der Waals surface area contributed by atoms with Crippen LogP contribution >= 0.6 is 11.6 Å². The largest absolute Gasteiger partial charge is 0.476 e. The van der Waals surface area contributed by atoms with Gasteiger partial charge in [0.1, 0.15) is 5.75 Å². The number of benzene rings is 3. The van der Waals surface area contributed by atoms with Crippen LogP contribution in [0.3, 0.4) is 0 Å². The number of nitrogens with zero attached hydrogens (tertiary/aromatic N) is 2. The predicted octanol–water partition coefficient (Wildman–Crippen LogP) is 3.44. The molecule has 0 radical (unpaired) electrons. The van der Waals surface area contributed by atoms with Crippen LogP contribution in [-0.2, 0) is 32.6 Å². The number of anilines is 1. The summed E-state index contributed by atoms with van der Waals surface area (Å²) in [5.41, 5.74) is 2.53. The Morgan fingerprint density at radius 2 is 1.62 bits per heavy atom. The molecule has 8 nitrogen and oxygen atoms in total. The quantitative estimate of drug-likeness (QED) is 0.493. The lowest BCUT2D eigenvalue weighted by Crippen LogP contribution is -2.50. The summed E-state index contributed by atoms with van der Waals surface area (Å²) in [6.07, 6.45) is -1.00. The molecule has 3 aromatic rings. The van der Waals surface area contributed by atoms with Gasteiger partial charge in [-0.05, 0) is 47.5 Å². The van der Waals surface area contributed by atoms with Crippen molar-refractivity contribution in [1.82, 2.24) is 10.2 Å². The van der Waals surface area contributed by atoms with Crippen LogP contribution in [0.4, 0.5) is 5.69 Å². The second-order valence-electron chi connectivity index (χ2n) is 8.99. The zero-order chi connectivity index (χ0) is 25.8. The number of ether oxygens (including phenoxy) is 2. The van der Waals surface area contributed by atoms with Gasteiger partial charge in [-0.1, -0.05) is 48.0 Å². The molecular weight excluding hydrogens is 514 g/mol. The Kier molecular flexibility index (Phi) is 7.66. The molecule has 2 heterocycles. The van der Waals surface area contributed by atoms with E-state index in [-0.39, 0.29) is 17.3 Å². The minimum absolute atomic E-state index is 0.0879. The normalized spacial score (nSPS) is 18.1. The summed E-state index contributed by atoms with van der Waals surface area (Å²) in [6, 6.07) is 20.8. The number of carbonyl (C=O) groups excluding carboxylic acids is 1. The first-order chi connectivity index (χ1) is 17.9. The summed E-state index contributed by atoms with van der Waals surface area (Å²) in [5, 5.41) is 3.33. The van der Waals surface area contributed by atoms with E-state index in [0.717, 1.165) is 38.4 Å². The van der Waals surface area contributed by atoms with Gasteiger partial charge < -0.3 is 14.8 Å². The van der Waals surface area contributed by atoms with Crippen LogP contribution in [0.5, 0.6) is 5.75 Å². The zero-order valence-corrected chi connectivity index (χ0v) is 21.7. The minimum atomic E-state index is -3.94. The Balaban J connectivity index is 1.26. The number of halogens is 1. The lowest BCUT2D eigenvalue weighted by atomic mass is 10.1. The number of sulfonamides is 1. The number of morpholine rings is 1. The molecule has 1 atom stereocenters. The van der Waals surface area contributed by atoms with Crippen molar-refractivity contribution in [3.05, 3.63) is 88.9 Å². The molecule has 0 unspecified atom stereocenters. The van der Waals surface area contributed by atoms with Gasteiger partial charge in [0.15, 0.2) is 6.10 Å². The second kappa shape index (κ2) is 11.1. The number of fused-ring (bicyclic) bond motifs is 1. The number of para-hydroxylation sites is 2. The van der Waals surface area contributed by atoms with Crippen molar-refractivity contribution in [2.75, 3.05) is 37.2 Å². The molecule has 37 heavy (non-hydrogen) atoms. The SMILES string of the molecule is O=C(NCc1ccc(CN2CCOCC2)cc1)[C@H]1CN(S(=O)(=O)c2ccc(Cl)cc2)c2ccccc2O1. The van der Waals surface area contributed by atoms with Crippen molar-refractivity contribution in [2.45, 2.75) is 24.1 Å². The van der Waals surface area contributed by atoms with Gasteiger partial charge in [-0.25, -0.2) is 8.42 Å². The number of amides is 1. The average Bonchev–Trinajstić information content (AvgIpc) is 2.92. The fourth-order valence-electron chi connectivity index (χ4n) is 4.38. The van der Waals surface area contributed by atoms with Crippen LogP contribution in [0.25, 0.3) is 0 Å². The molecule has 1 fully saturated rings. The molecule has 194 valence electrons. The van der Waals surface area contributed by atoms with Crippen molar-refractivity contribution in [3.8, 4) is 5.75 Å². The fourth-order valence-corrected chi connectivity index (χ4v) is 5.99. The van der Waals surface area contributed by atoms with E-state index in [0.29, 0.717) is 23.0 Å². The summed E-state index contributed by atoms with van der Waals surface area (Å²) in [7, 11) is -3.94. The average molecular weight is 542 g/mol. The molecule has 0 aromatic heterocycles. The predicted molar refractivity (Wildman–Crippen MR) is 141 cm³/mol. The Morgan fingerprint density at radius 3 is 2.35 bits per heavy atom. The highest BCUT2D eigenvalue weighted by atomic mass is 35.5. The van der Waals surface area contributed by atoms with Crippen molar-refractivity contribution in [1.29, 1.82) is 0 Å². The molecule has 0 bridgehead atoms. The van der Waals surface area contributed by atoms with Crippen LogP contribution in [0.1, 0.15) is 11.1 Å². The highest BCUT2D eigenvalue weighted by Gasteiger charge is 2.37. The van der Waals surface area contributed by atoms with Crippen molar-refractivity contribution in [2.24, 2.45) is 0 Å². The lowest BCUT2D eigenvalue weighted by Gasteiger charge is -2.34. The smallest absolute Gasteiger partial charge is 0.264 e. The maximum Gasteiger partial charge on any atom is 0.264 e. The molecule has 1 N–H and O–H groups in total. The monoisotopic (exact) mass is 541 g/mol. The van der Waals surface area contributed by atoms with Crippen LogP contribution in [0.15, 0.2) is 77.7 Å². The molecule has 10 heteroatoms. The Bertz CT molecular complexity index is 1340. The second-order valence-corrected chi connectivity index (χ2v) is 11.3. The van der Waals surface area contributed by atoms with Gasteiger partial charge in [-0.3, -0.25) is 14.0 Å². The topological polar surface area (TPSA) is 88.2 Å².